The van der Waals surface area contributed by atoms with Gasteiger partial charge < -0.3 is 4.74 Å². The quantitative estimate of drug-likeness (QED) is 0.809. The zero-order valence-electron chi connectivity index (χ0n) is 15.4. The number of rotatable bonds is 6. The fraction of sp³-hybridized carbons (Fsp3) is 0.500. The maximum atomic E-state index is 5.08. The molecule has 134 valence electrons. The zero-order valence-corrected chi connectivity index (χ0v) is 15.4. The van der Waals surface area contributed by atoms with Crippen LogP contribution in [0.1, 0.15) is 24.6 Å². The monoisotopic (exact) mass is 340 g/mol. The SMILES string of the molecule is COc1ccc(CN(C)[C@@H]2CCN(Cc3ccccc3)C[C@H]2C)nn1. The molecule has 1 aromatic carbocycles. The first-order valence-corrected chi connectivity index (χ1v) is 8.99. The number of hydrogen-bond donors (Lipinski definition) is 0. The Morgan fingerprint density at radius 1 is 1.16 bits per heavy atom. The molecular formula is C20H28N4O. The van der Waals surface area contributed by atoms with Gasteiger partial charge in [-0.15, -0.1) is 5.10 Å². The van der Waals surface area contributed by atoms with Crippen LogP contribution in [0.15, 0.2) is 42.5 Å². The molecular weight excluding hydrogens is 312 g/mol. The Kier molecular flexibility index (Phi) is 6.00. The first-order valence-electron chi connectivity index (χ1n) is 8.99. The van der Waals surface area contributed by atoms with Crippen LogP contribution in [0.3, 0.4) is 0 Å². The Labute approximate surface area is 150 Å². The highest BCUT2D eigenvalue weighted by Crippen LogP contribution is 2.23. The van der Waals surface area contributed by atoms with E-state index in [4.69, 9.17) is 4.74 Å². The third-order valence-corrected chi connectivity index (χ3v) is 5.08. The van der Waals surface area contributed by atoms with Crippen LogP contribution in [0.25, 0.3) is 0 Å². The number of methoxy groups -OCH3 is 1. The van der Waals surface area contributed by atoms with Crippen LogP contribution in [0.5, 0.6) is 5.88 Å². The van der Waals surface area contributed by atoms with Crippen molar-refractivity contribution in [2.24, 2.45) is 5.92 Å². The average Bonchev–Trinajstić information content (AvgIpc) is 2.63. The molecule has 2 aromatic rings. The van der Waals surface area contributed by atoms with Crippen LogP contribution in [-0.2, 0) is 13.1 Å². The van der Waals surface area contributed by atoms with Crippen molar-refractivity contribution in [2.45, 2.75) is 32.5 Å². The van der Waals surface area contributed by atoms with Gasteiger partial charge in [-0.3, -0.25) is 9.80 Å². The Morgan fingerprint density at radius 2 is 1.96 bits per heavy atom. The Hall–Kier alpha value is -1.98. The summed E-state index contributed by atoms with van der Waals surface area (Å²) in [6.45, 7) is 6.51. The average molecular weight is 340 g/mol. The highest BCUT2D eigenvalue weighted by Gasteiger charge is 2.29. The fourth-order valence-corrected chi connectivity index (χ4v) is 3.77. The van der Waals surface area contributed by atoms with Gasteiger partial charge in [0.15, 0.2) is 0 Å². The second-order valence-corrected chi connectivity index (χ2v) is 7.04. The molecule has 0 aliphatic carbocycles. The van der Waals surface area contributed by atoms with Crippen molar-refractivity contribution < 1.29 is 4.74 Å². The van der Waals surface area contributed by atoms with Crippen molar-refractivity contribution in [1.82, 2.24) is 20.0 Å². The van der Waals surface area contributed by atoms with Gasteiger partial charge in [0.05, 0.1) is 12.8 Å². The molecule has 5 heteroatoms. The van der Waals surface area contributed by atoms with Crippen LogP contribution < -0.4 is 4.74 Å². The summed E-state index contributed by atoms with van der Waals surface area (Å²) in [5.74, 6) is 1.20. The highest BCUT2D eigenvalue weighted by atomic mass is 16.5. The third kappa shape index (κ3) is 4.77. The molecule has 5 nitrogen and oxygen atoms in total. The van der Waals surface area contributed by atoms with E-state index in [9.17, 15) is 0 Å². The number of nitrogens with zero attached hydrogens (tertiary/aromatic N) is 4. The summed E-state index contributed by atoms with van der Waals surface area (Å²) in [7, 11) is 3.81. The molecule has 0 unspecified atom stereocenters. The van der Waals surface area contributed by atoms with Gasteiger partial charge in [0.1, 0.15) is 0 Å². The minimum atomic E-state index is 0.564. The summed E-state index contributed by atoms with van der Waals surface area (Å²) in [6, 6.07) is 15.2. The van der Waals surface area contributed by atoms with Crippen LogP contribution in [0.4, 0.5) is 0 Å². The number of ether oxygens (including phenoxy) is 1. The standard InChI is InChI=1S/C20H28N4O/c1-16-13-24(14-17-7-5-4-6-8-17)12-11-19(16)23(2)15-18-9-10-20(25-3)22-21-18/h4-10,16,19H,11-15H2,1-3H3/t16-,19-/m1/s1. The minimum Gasteiger partial charge on any atom is -0.480 e. The lowest BCUT2D eigenvalue weighted by Crippen LogP contribution is -2.48. The largest absolute Gasteiger partial charge is 0.480 e. The second kappa shape index (κ2) is 8.41. The molecule has 0 spiro atoms. The van der Waals surface area contributed by atoms with Gasteiger partial charge >= 0.3 is 0 Å². The van der Waals surface area contributed by atoms with Crippen molar-refractivity contribution >= 4 is 0 Å². The minimum absolute atomic E-state index is 0.564. The van der Waals surface area contributed by atoms with E-state index in [-0.39, 0.29) is 0 Å². The predicted molar refractivity (Wildman–Crippen MR) is 99.3 cm³/mol. The molecule has 0 saturated carbocycles. The van der Waals surface area contributed by atoms with Crippen molar-refractivity contribution in [2.75, 3.05) is 27.2 Å². The highest BCUT2D eigenvalue weighted by molar-refractivity contribution is 5.14. The van der Waals surface area contributed by atoms with E-state index < -0.39 is 0 Å². The maximum absolute atomic E-state index is 5.08. The first-order chi connectivity index (χ1) is 12.2. The maximum Gasteiger partial charge on any atom is 0.233 e. The molecule has 25 heavy (non-hydrogen) atoms. The molecule has 2 heterocycles. The molecule has 1 aromatic heterocycles. The van der Waals surface area contributed by atoms with Crippen LogP contribution in [0, 0.1) is 5.92 Å². The van der Waals surface area contributed by atoms with E-state index in [1.54, 1.807) is 7.11 Å². The predicted octanol–water partition coefficient (Wildman–Crippen LogP) is 2.83. The van der Waals surface area contributed by atoms with Crippen LogP contribution >= 0.6 is 0 Å². The lowest BCUT2D eigenvalue weighted by molar-refractivity contribution is 0.0711. The van der Waals surface area contributed by atoms with E-state index in [2.05, 4.69) is 64.3 Å². The van der Waals surface area contributed by atoms with Crippen molar-refractivity contribution in [3.63, 3.8) is 0 Å². The summed E-state index contributed by atoms with van der Waals surface area (Å²) in [5.41, 5.74) is 2.39. The van der Waals surface area contributed by atoms with E-state index in [0.29, 0.717) is 17.8 Å². The van der Waals surface area contributed by atoms with E-state index >= 15 is 0 Å². The zero-order chi connectivity index (χ0) is 17.6. The third-order valence-electron chi connectivity index (χ3n) is 5.08. The van der Waals surface area contributed by atoms with Gasteiger partial charge in [-0.25, -0.2) is 0 Å². The van der Waals surface area contributed by atoms with E-state index in [0.717, 1.165) is 31.9 Å². The number of benzene rings is 1. The normalized spacial score (nSPS) is 21.4. The molecule has 1 fully saturated rings. The van der Waals surface area contributed by atoms with Gasteiger partial charge in [0.2, 0.25) is 5.88 Å². The van der Waals surface area contributed by atoms with Gasteiger partial charge in [0, 0.05) is 31.7 Å². The van der Waals surface area contributed by atoms with Gasteiger partial charge in [-0.2, -0.15) is 5.10 Å². The molecule has 0 N–H and O–H groups in total. The number of piperidine rings is 1. The first kappa shape index (κ1) is 17.8. The summed E-state index contributed by atoms with van der Waals surface area (Å²) < 4.78 is 5.08. The summed E-state index contributed by atoms with van der Waals surface area (Å²) >= 11 is 0. The van der Waals surface area contributed by atoms with Crippen molar-refractivity contribution in [3.05, 3.63) is 53.7 Å². The van der Waals surface area contributed by atoms with Gasteiger partial charge in [-0.05, 0) is 37.6 Å². The van der Waals surface area contributed by atoms with Crippen LogP contribution in [-0.4, -0.2) is 53.3 Å². The molecule has 1 aliphatic rings. The van der Waals surface area contributed by atoms with Gasteiger partial charge in [0.25, 0.3) is 0 Å². The lowest BCUT2D eigenvalue weighted by Gasteiger charge is -2.41. The lowest BCUT2D eigenvalue weighted by atomic mass is 9.92. The molecule has 0 amide bonds. The summed E-state index contributed by atoms with van der Waals surface area (Å²) in [4.78, 5) is 4.98. The van der Waals surface area contributed by atoms with Crippen molar-refractivity contribution in [1.29, 1.82) is 0 Å². The smallest absolute Gasteiger partial charge is 0.233 e. The Morgan fingerprint density at radius 3 is 2.60 bits per heavy atom. The number of aromatic nitrogens is 2. The Balaban J connectivity index is 1.53. The topological polar surface area (TPSA) is 41.5 Å². The van der Waals surface area contributed by atoms with E-state index in [1.165, 1.54) is 12.0 Å². The molecule has 0 bridgehead atoms. The summed E-state index contributed by atoms with van der Waals surface area (Å²) in [5, 5.41) is 8.32. The fourth-order valence-electron chi connectivity index (χ4n) is 3.77. The van der Waals surface area contributed by atoms with Gasteiger partial charge in [-0.1, -0.05) is 37.3 Å². The Bertz CT molecular complexity index is 647. The number of likely N-dealkylation sites (tertiary alicyclic amines) is 1. The summed E-state index contributed by atoms with van der Waals surface area (Å²) in [6.07, 6.45) is 1.19. The molecule has 0 radical (unpaired) electrons. The van der Waals surface area contributed by atoms with Crippen molar-refractivity contribution in [3.8, 4) is 5.88 Å². The van der Waals surface area contributed by atoms with E-state index in [1.807, 2.05) is 12.1 Å². The molecule has 2 atom stereocenters. The molecule has 3 rings (SSSR count). The second-order valence-electron chi connectivity index (χ2n) is 7.04. The van der Waals surface area contributed by atoms with Crippen LogP contribution in [0.2, 0.25) is 0 Å². The number of hydrogen-bond acceptors (Lipinski definition) is 5. The molecule has 1 aliphatic heterocycles. The molecule has 1 saturated heterocycles.